The van der Waals surface area contributed by atoms with Crippen molar-refractivity contribution in [3.8, 4) is 0 Å². The molecule has 0 saturated heterocycles. The van der Waals surface area contributed by atoms with Crippen LogP contribution in [0.1, 0.15) is 18.9 Å². The first-order valence-electron chi connectivity index (χ1n) is 5.00. The maximum Gasteiger partial charge on any atom is 0.114 e. The molecule has 1 aromatic carbocycles. The highest BCUT2D eigenvalue weighted by atomic mass is 14.2. The van der Waals surface area contributed by atoms with Gasteiger partial charge in [-0.2, -0.15) is 0 Å². The normalized spacial score (nSPS) is 21.4. The van der Waals surface area contributed by atoms with Crippen LogP contribution in [0.2, 0.25) is 0 Å². The van der Waals surface area contributed by atoms with Gasteiger partial charge in [-0.25, -0.2) is 0 Å². The van der Waals surface area contributed by atoms with E-state index in [1.165, 1.54) is 11.1 Å². The molecule has 0 aromatic heterocycles. The molecule has 1 heteroatoms. The zero-order valence-electron chi connectivity index (χ0n) is 8.40. The maximum atomic E-state index is 5.99. The Hall–Kier alpha value is -1.24. The van der Waals surface area contributed by atoms with Crippen molar-refractivity contribution in [1.82, 2.24) is 0 Å². The molecule has 0 bridgehead atoms. The maximum absolute atomic E-state index is 5.99. The molecule has 0 spiro atoms. The molecule has 14 heavy (non-hydrogen) atoms. The van der Waals surface area contributed by atoms with Crippen LogP contribution >= 0.6 is 0 Å². The summed E-state index contributed by atoms with van der Waals surface area (Å²) >= 11 is 0. The molecule has 0 nitrogen and oxygen atoms in total. The van der Waals surface area contributed by atoms with E-state index in [1.807, 2.05) is 12.1 Å². The van der Waals surface area contributed by atoms with E-state index in [0.29, 0.717) is 5.92 Å². The van der Waals surface area contributed by atoms with Crippen LogP contribution in [0.4, 0.5) is 0 Å². The van der Waals surface area contributed by atoms with Crippen molar-refractivity contribution in [3.63, 3.8) is 0 Å². The molecule has 2 rings (SSSR count). The molecule has 0 fully saturated rings. The lowest BCUT2D eigenvalue weighted by Crippen LogP contribution is -2.04. The summed E-state index contributed by atoms with van der Waals surface area (Å²) in [6.07, 6.45) is 5.25. The Labute approximate surface area is 86.8 Å². The van der Waals surface area contributed by atoms with E-state index in [0.717, 1.165) is 11.9 Å². The SMILES string of the molecule is [B]C1=C(c2ccccc2)C(C)CC=C1. The largest absolute Gasteiger partial charge is 0.114 e. The molecule has 0 aliphatic heterocycles. The molecule has 68 valence electrons. The molecule has 1 unspecified atom stereocenters. The van der Waals surface area contributed by atoms with E-state index in [9.17, 15) is 0 Å². The van der Waals surface area contributed by atoms with Gasteiger partial charge in [0, 0.05) is 0 Å². The number of rotatable bonds is 1. The number of hydrogen-bond donors (Lipinski definition) is 0. The first-order chi connectivity index (χ1) is 6.79. The molecular formula is C13H13B. The number of hydrogen-bond acceptors (Lipinski definition) is 0. The van der Waals surface area contributed by atoms with Gasteiger partial charge in [0.05, 0.1) is 0 Å². The summed E-state index contributed by atoms with van der Waals surface area (Å²) < 4.78 is 0. The van der Waals surface area contributed by atoms with Crippen LogP contribution < -0.4 is 0 Å². The highest BCUT2D eigenvalue weighted by Crippen LogP contribution is 2.31. The van der Waals surface area contributed by atoms with Crippen LogP contribution in [0.5, 0.6) is 0 Å². The van der Waals surface area contributed by atoms with Crippen molar-refractivity contribution in [2.45, 2.75) is 13.3 Å². The van der Waals surface area contributed by atoms with Crippen LogP contribution in [0.15, 0.2) is 48.0 Å². The Morgan fingerprint density at radius 3 is 2.57 bits per heavy atom. The van der Waals surface area contributed by atoms with Crippen molar-refractivity contribution in [2.75, 3.05) is 0 Å². The average molecular weight is 180 g/mol. The smallest absolute Gasteiger partial charge is 0.0930 e. The van der Waals surface area contributed by atoms with E-state index in [-0.39, 0.29) is 0 Å². The summed E-state index contributed by atoms with van der Waals surface area (Å²) in [6.45, 7) is 2.22. The monoisotopic (exact) mass is 180 g/mol. The minimum atomic E-state index is 0.530. The average Bonchev–Trinajstić information content (AvgIpc) is 2.19. The molecule has 0 N–H and O–H groups in total. The highest BCUT2D eigenvalue weighted by Gasteiger charge is 2.14. The van der Waals surface area contributed by atoms with Crippen molar-refractivity contribution >= 4 is 13.4 Å². The minimum absolute atomic E-state index is 0.530. The molecule has 0 amide bonds. The summed E-state index contributed by atoms with van der Waals surface area (Å²) in [4.78, 5) is 0. The summed E-state index contributed by atoms with van der Waals surface area (Å²) in [6, 6.07) is 10.4. The lowest BCUT2D eigenvalue weighted by atomic mass is 9.77. The van der Waals surface area contributed by atoms with Crippen LogP contribution in [-0.4, -0.2) is 7.85 Å². The molecule has 0 saturated carbocycles. The van der Waals surface area contributed by atoms with Gasteiger partial charge in [-0.3, -0.25) is 0 Å². The first-order valence-corrected chi connectivity index (χ1v) is 5.00. The van der Waals surface area contributed by atoms with E-state index >= 15 is 0 Å². The molecule has 1 aliphatic carbocycles. The molecule has 1 aromatic rings. The topological polar surface area (TPSA) is 0 Å². The number of allylic oxidation sites excluding steroid dienone is 4. The van der Waals surface area contributed by atoms with Gasteiger partial charge in [-0.05, 0) is 23.5 Å². The van der Waals surface area contributed by atoms with E-state index in [4.69, 9.17) is 7.85 Å². The van der Waals surface area contributed by atoms with Crippen molar-refractivity contribution < 1.29 is 0 Å². The molecule has 2 radical (unpaired) electrons. The lowest BCUT2D eigenvalue weighted by Gasteiger charge is -2.21. The second-order valence-electron chi connectivity index (χ2n) is 3.77. The Bertz CT molecular complexity index is 373. The molecule has 1 aliphatic rings. The van der Waals surface area contributed by atoms with Gasteiger partial charge < -0.3 is 0 Å². The Morgan fingerprint density at radius 1 is 1.21 bits per heavy atom. The summed E-state index contributed by atoms with van der Waals surface area (Å²) in [5.74, 6) is 0.530. The minimum Gasteiger partial charge on any atom is -0.0930 e. The summed E-state index contributed by atoms with van der Waals surface area (Å²) in [5, 5.41) is 0. The first kappa shape index (κ1) is 9.33. The summed E-state index contributed by atoms with van der Waals surface area (Å²) in [5.41, 5.74) is 3.45. The van der Waals surface area contributed by atoms with Crippen LogP contribution in [-0.2, 0) is 0 Å². The number of benzene rings is 1. The fourth-order valence-electron chi connectivity index (χ4n) is 1.96. The van der Waals surface area contributed by atoms with Crippen LogP contribution in [0, 0.1) is 5.92 Å². The van der Waals surface area contributed by atoms with Gasteiger partial charge in [-0.15, -0.1) is 0 Å². The second kappa shape index (κ2) is 3.87. The lowest BCUT2D eigenvalue weighted by molar-refractivity contribution is 0.757. The third-order valence-electron chi connectivity index (χ3n) is 2.68. The zero-order chi connectivity index (χ0) is 9.97. The van der Waals surface area contributed by atoms with Gasteiger partial charge in [0.15, 0.2) is 0 Å². The predicted octanol–water partition coefficient (Wildman–Crippen LogP) is 3.16. The van der Waals surface area contributed by atoms with Gasteiger partial charge in [-0.1, -0.05) is 54.9 Å². The van der Waals surface area contributed by atoms with E-state index < -0.39 is 0 Å². The molecule has 0 heterocycles. The standard InChI is InChI=1S/C13H13B/c1-10-6-5-9-12(14)13(10)11-7-3-2-4-8-11/h2-5,7-10H,6H2,1H3. The second-order valence-corrected chi connectivity index (χ2v) is 3.77. The van der Waals surface area contributed by atoms with E-state index in [1.54, 1.807) is 0 Å². The Balaban J connectivity index is 2.46. The fourth-order valence-corrected chi connectivity index (χ4v) is 1.96. The fraction of sp³-hybridized carbons (Fsp3) is 0.231. The van der Waals surface area contributed by atoms with Crippen molar-refractivity contribution in [1.29, 1.82) is 0 Å². The zero-order valence-corrected chi connectivity index (χ0v) is 8.40. The quantitative estimate of drug-likeness (QED) is 0.582. The van der Waals surface area contributed by atoms with Gasteiger partial charge in [0.2, 0.25) is 0 Å². The third kappa shape index (κ3) is 1.67. The Kier molecular flexibility index (Phi) is 2.58. The van der Waals surface area contributed by atoms with Crippen molar-refractivity contribution in [2.24, 2.45) is 5.92 Å². The summed E-state index contributed by atoms with van der Waals surface area (Å²) in [7, 11) is 5.99. The molecule has 1 atom stereocenters. The highest BCUT2D eigenvalue weighted by molar-refractivity contribution is 6.27. The van der Waals surface area contributed by atoms with Crippen LogP contribution in [0.25, 0.3) is 5.57 Å². The predicted molar refractivity (Wildman–Crippen MR) is 62.0 cm³/mol. The van der Waals surface area contributed by atoms with E-state index in [2.05, 4.69) is 37.3 Å². The van der Waals surface area contributed by atoms with Gasteiger partial charge in [0.25, 0.3) is 0 Å². The Morgan fingerprint density at radius 2 is 1.93 bits per heavy atom. The van der Waals surface area contributed by atoms with Crippen molar-refractivity contribution in [3.05, 3.63) is 53.5 Å². The molecular weight excluding hydrogens is 167 g/mol. The third-order valence-corrected chi connectivity index (χ3v) is 2.68. The van der Waals surface area contributed by atoms with Crippen LogP contribution in [0.3, 0.4) is 0 Å². The van der Waals surface area contributed by atoms with Gasteiger partial charge >= 0.3 is 0 Å². The van der Waals surface area contributed by atoms with Gasteiger partial charge in [0.1, 0.15) is 7.85 Å².